The zero-order valence-electron chi connectivity index (χ0n) is 10.0. The summed E-state index contributed by atoms with van der Waals surface area (Å²) in [5.74, 6) is -2.41. The first-order valence-corrected chi connectivity index (χ1v) is 6.40. The van der Waals surface area contributed by atoms with E-state index in [0.29, 0.717) is 25.2 Å². The van der Waals surface area contributed by atoms with E-state index in [0.717, 1.165) is 6.42 Å². The summed E-state index contributed by atoms with van der Waals surface area (Å²) in [6, 6.07) is 1.11. The van der Waals surface area contributed by atoms with Crippen molar-refractivity contribution in [1.29, 1.82) is 0 Å². The van der Waals surface area contributed by atoms with Crippen molar-refractivity contribution in [3.05, 3.63) is 0 Å². The van der Waals surface area contributed by atoms with Gasteiger partial charge in [-0.3, -0.25) is 4.90 Å². The van der Waals surface area contributed by atoms with Gasteiger partial charge in [0.15, 0.2) is 0 Å². The Morgan fingerprint density at radius 3 is 2.50 bits per heavy atom. The van der Waals surface area contributed by atoms with Crippen LogP contribution in [0.2, 0.25) is 0 Å². The van der Waals surface area contributed by atoms with E-state index in [1.54, 1.807) is 0 Å². The number of halogens is 2. The summed E-state index contributed by atoms with van der Waals surface area (Å²) in [5.41, 5.74) is 0. The van der Waals surface area contributed by atoms with Crippen molar-refractivity contribution in [3.8, 4) is 0 Å². The molecule has 4 heteroatoms. The Balaban J connectivity index is 1.84. The lowest BCUT2D eigenvalue weighted by Gasteiger charge is -2.41. The zero-order chi connectivity index (χ0) is 11.6. The molecular weight excluding hydrogens is 210 g/mol. The van der Waals surface area contributed by atoms with E-state index in [2.05, 4.69) is 10.2 Å². The smallest absolute Gasteiger partial charge is 0.250 e. The van der Waals surface area contributed by atoms with Gasteiger partial charge in [-0.2, -0.15) is 0 Å². The number of hydrogen-bond acceptors (Lipinski definition) is 2. The Kier molecular flexibility index (Phi) is 3.80. The predicted octanol–water partition coefficient (Wildman–Crippen LogP) is 2.25. The van der Waals surface area contributed by atoms with Gasteiger partial charge in [0.25, 0.3) is 5.92 Å². The monoisotopic (exact) mass is 232 g/mol. The van der Waals surface area contributed by atoms with E-state index in [1.165, 1.54) is 19.3 Å². The van der Waals surface area contributed by atoms with Gasteiger partial charge in [0.2, 0.25) is 0 Å². The second-order valence-corrected chi connectivity index (χ2v) is 5.20. The Morgan fingerprint density at radius 2 is 1.88 bits per heavy atom. The summed E-state index contributed by atoms with van der Waals surface area (Å²) in [5, 5.41) is 3.31. The fraction of sp³-hybridized carbons (Fsp3) is 1.00. The van der Waals surface area contributed by atoms with Crippen LogP contribution in [0.3, 0.4) is 0 Å². The van der Waals surface area contributed by atoms with E-state index < -0.39 is 5.92 Å². The van der Waals surface area contributed by atoms with Crippen molar-refractivity contribution in [2.24, 2.45) is 0 Å². The highest BCUT2D eigenvalue weighted by Gasteiger charge is 2.37. The van der Waals surface area contributed by atoms with Crippen LogP contribution in [-0.2, 0) is 0 Å². The highest BCUT2D eigenvalue weighted by Crippen LogP contribution is 2.31. The van der Waals surface area contributed by atoms with Crippen molar-refractivity contribution in [1.82, 2.24) is 10.2 Å². The Labute approximate surface area is 96.4 Å². The molecule has 1 aliphatic carbocycles. The maximum absolute atomic E-state index is 13.0. The van der Waals surface area contributed by atoms with Gasteiger partial charge < -0.3 is 5.32 Å². The fourth-order valence-corrected chi connectivity index (χ4v) is 2.97. The van der Waals surface area contributed by atoms with E-state index in [-0.39, 0.29) is 12.8 Å². The molecule has 1 heterocycles. The van der Waals surface area contributed by atoms with Crippen LogP contribution in [0.5, 0.6) is 0 Å². The van der Waals surface area contributed by atoms with Gasteiger partial charge in [-0.25, -0.2) is 8.78 Å². The molecule has 1 saturated heterocycles. The molecule has 0 aromatic rings. The van der Waals surface area contributed by atoms with Crippen molar-refractivity contribution < 1.29 is 8.78 Å². The van der Waals surface area contributed by atoms with Crippen LogP contribution in [0, 0.1) is 0 Å². The molecule has 0 unspecified atom stereocenters. The summed E-state index contributed by atoms with van der Waals surface area (Å²) in [6.45, 7) is 1.15. The SMILES string of the molecule is CN[C@H]1CCC[C@@H](N2CCC(F)(F)CC2)C1. The van der Waals surface area contributed by atoms with E-state index in [9.17, 15) is 8.78 Å². The average molecular weight is 232 g/mol. The summed E-state index contributed by atoms with van der Waals surface area (Å²) in [6.07, 6.45) is 4.87. The zero-order valence-corrected chi connectivity index (χ0v) is 10.0. The maximum Gasteiger partial charge on any atom is 0.250 e. The molecule has 1 N–H and O–H groups in total. The minimum absolute atomic E-state index is 0.0493. The average Bonchev–Trinajstić information content (AvgIpc) is 2.29. The van der Waals surface area contributed by atoms with Crippen molar-refractivity contribution in [3.63, 3.8) is 0 Å². The van der Waals surface area contributed by atoms with E-state index in [4.69, 9.17) is 0 Å². The summed E-state index contributed by atoms with van der Waals surface area (Å²) in [4.78, 5) is 2.28. The second kappa shape index (κ2) is 4.96. The van der Waals surface area contributed by atoms with Gasteiger partial charge in [0, 0.05) is 38.0 Å². The number of rotatable bonds is 2. The van der Waals surface area contributed by atoms with Crippen molar-refractivity contribution in [2.45, 2.75) is 56.5 Å². The molecule has 0 spiro atoms. The van der Waals surface area contributed by atoms with Crippen LogP contribution in [0.1, 0.15) is 38.5 Å². The third-order valence-corrected chi connectivity index (χ3v) is 4.10. The Bertz CT molecular complexity index is 223. The Morgan fingerprint density at radius 1 is 1.19 bits per heavy atom. The lowest BCUT2D eigenvalue weighted by atomic mass is 9.89. The minimum Gasteiger partial charge on any atom is -0.317 e. The van der Waals surface area contributed by atoms with Crippen LogP contribution in [0.4, 0.5) is 8.78 Å². The van der Waals surface area contributed by atoms with Gasteiger partial charge in [0.1, 0.15) is 0 Å². The molecule has 2 rings (SSSR count). The first kappa shape index (κ1) is 12.2. The molecule has 94 valence electrons. The molecule has 0 aromatic heterocycles. The van der Waals surface area contributed by atoms with Crippen molar-refractivity contribution >= 4 is 0 Å². The normalized spacial score (nSPS) is 36.2. The van der Waals surface area contributed by atoms with Gasteiger partial charge in [-0.15, -0.1) is 0 Å². The molecule has 2 nitrogen and oxygen atoms in total. The van der Waals surface area contributed by atoms with Gasteiger partial charge in [-0.1, -0.05) is 6.42 Å². The third kappa shape index (κ3) is 2.92. The minimum atomic E-state index is -2.41. The molecule has 2 fully saturated rings. The van der Waals surface area contributed by atoms with Crippen LogP contribution in [-0.4, -0.2) is 43.0 Å². The molecule has 1 aliphatic heterocycles. The third-order valence-electron chi connectivity index (χ3n) is 4.10. The van der Waals surface area contributed by atoms with E-state index >= 15 is 0 Å². The number of nitrogens with zero attached hydrogens (tertiary/aromatic N) is 1. The highest BCUT2D eigenvalue weighted by molar-refractivity contribution is 4.87. The largest absolute Gasteiger partial charge is 0.317 e. The van der Waals surface area contributed by atoms with Gasteiger partial charge >= 0.3 is 0 Å². The lowest BCUT2D eigenvalue weighted by Crippen LogP contribution is -2.48. The number of hydrogen-bond donors (Lipinski definition) is 1. The number of likely N-dealkylation sites (tertiary alicyclic amines) is 1. The van der Waals surface area contributed by atoms with Crippen molar-refractivity contribution in [2.75, 3.05) is 20.1 Å². The number of alkyl halides is 2. The first-order valence-electron chi connectivity index (χ1n) is 6.40. The molecule has 1 saturated carbocycles. The molecule has 0 radical (unpaired) electrons. The molecule has 16 heavy (non-hydrogen) atoms. The van der Waals surface area contributed by atoms with Gasteiger partial charge in [-0.05, 0) is 26.3 Å². The topological polar surface area (TPSA) is 15.3 Å². The molecule has 2 aliphatic rings. The molecule has 0 amide bonds. The van der Waals surface area contributed by atoms with Crippen LogP contribution in [0.25, 0.3) is 0 Å². The van der Waals surface area contributed by atoms with E-state index in [1.807, 2.05) is 7.05 Å². The first-order chi connectivity index (χ1) is 7.61. The number of piperidine rings is 1. The lowest BCUT2D eigenvalue weighted by molar-refractivity contribution is -0.0663. The van der Waals surface area contributed by atoms with Crippen LogP contribution < -0.4 is 5.32 Å². The quantitative estimate of drug-likeness (QED) is 0.785. The number of nitrogens with one attached hydrogen (secondary N) is 1. The maximum atomic E-state index is 13.0. The summed E-state index contributed by atoms with van der Waals surface area (Å²) >= 11 is 0. The van der Waals surface area contributed by atoms with Gasteiger partial charge in [0.05, 0.1) is 0 Å². The highest BCUT2D eigenvalue weighted by atomic mass is 19.3. The molecule has 0 aromatic carbocycles. The Hall–Kier alpha value is -0.220. The molecule has 2 atom stereocenters. The summed E-state index contributed by atoms with van der Waals surface area (Å²) in [7, 11) is 2.00. The standard InChI is InChI=1S/C12H22F2N2/c1-15-10-3-2-4-11(9-10)16-7-5-12(13,14)6-8-16/h10-11,15H,2-9H2,1H3/t10-,11+/m0/s1. The molecular formula is C12H22F2N2. The van der Waals surface area contributed by atoms with Crippen LogP contribution >= 0.6 is 0 Å². The fourth-order valence-electron chi connectivity index (χ4n) is 2.97. The predicted molar refractivity (Wildman–Crippen MR) is 60.9 cm³/mol. The summed E-state index contributed by atoms with van der Waals surface area (Å²) < 4.78 is 26.1. The molecule has 0 bridgehead atoms. The van der Waals surface area contributed by atoms with Crippen LogP contribution in [0.15, 0.2) is 0 Å². The second-order valence-electron chi connectivity index (χ2n) is 5.20.